The van der Waals surface area contributed by atoms with Crippen LogP contribution in [0.2, 0.25) is 0 Å². The monoisotopic (exact) mass is 323 g/mol. The number of hydrogen-bond acceptors (Lipinski definition) is 7. The predicted octanol–water partition coefficient (Wildman–Crippen LogP) is 1.99. The van der Waals surface area contributed by atoms with E-state index in [1.54, 1.807) is 0 Å². The Kier molecular flexibility index (Phi) is 9.74. The van der Waals surface area contributed by atoms with E-state index in [2.05, 4.69) is 5.32 Å². The molecule has 0 aromatic carbocycles. The van der Waals surface area contributed by atoms with Gasteiger partial charge in [0.2, 0.25) is 6.41 Å². The minimum absolute atomic E-state index is 0.0299. The molecule has 0 aromatic heterocycles. The van der Waals surface area contributed by atoms with Crippen molar-refractivity contribution in [3.63, 3.8) is 0 Å². The Morgan fingerprint density at radius 3 is 2.20 bits per heavy atom. The van der Waals surface area contributed by atoms with E-state index in [9.17, 15) is 14.7 Å². The van der Waals surface area contributed by atoms with Crippen LogP contribution >= 0.6 is 23.5 Å². The lowest BCUT2D eigenvalue weighted by atomic mass is 10.2. The van der Waals surface area contributed by atoms with E-state index in [1.807, 2.05) is 20.8 Å². The summed E-state index contributed by atoms with van der Waals surface area (Å²) in [6, 6.07) is -0.0897. The molecule has 118 valence electrons. The van der Waals surface area contributed by atoms with Gasteiger partial charge in [-0.25, -0.2) is 0 Å². The topological polar surface area (TPSA) is 75.6 Å². The first kappa shape index (κ1) is 19.9. The summed E-state index contributed by atoms with van der Waals surface area (Å²) >= 11 is 2.43. The highest BCUT2D eigenvalue weighted by Crippen LogP contribution is 2.13. The molecule has 0 rings (SSSR count). The zero-order valence-electron chi connectivity index (χ0n) is 12.8. The van der Waals surface area contributed by atoms with Crippen LogP contribution in [0.5, 0.6) is 0 Å². The van der Waals surface area contributed by atoms with Crippen molar-refractivity contribution in [3.8, 4) is 0 Å². The summed E-state index contributed by atoms with van der Waals surface area (Å²) in [5.41, 5.74) is -0.460. The van der Waals surface area contributed by atoms with Crippen LogP contribution in [-0.2, 0) is 14.3 Å². The number of rotatable bonds is 8. The molecule has 0 saturated carbocycles. The van der Waals surface area contributed by atoms with Crippen molar-refractivity contribution in [1.29, 1.82) is 0 Å². The zero-order chi connectivity index (χ0) is 15.8. The van der Waals surface area contributed by atoms with Crippen LogP contribution in [-0.4, -0.2) is 44.9 Å². The smallest absolute Gasteiger partial charge is 0.214 e. The normalized spacial score (nSPS) is 14.9. The molecule has 0 amide bonds. The Morgan fingerprint density at radius 1 is 1.20 bits per heavy atom. The number of ether oxygens (including phenoxy) is 1. The Bertz CT molecular complexity index is 318. The van der Waals surface area contributed by atoms with Crippen molar-refractivity contribution >= 4 is 33.8 Å². The van der Waals surface area contributed by atoms with Crippen molar-refractivity contribution in [2.75, 3.05) is 11.5 Å². The van der Waals surface area contributed by atoms with Gasteiger partial charge < -0.3 is 9.84 Å². The summed E-state index contributed by atoms with van der Waals surface area (Å²) in [6.45, 7) is 8.58. The fraction of sp³-hybridized carbons (Fsp3) is 0.846. The van der Waals surface area contributed by atoms with Gasteiger partial charge in [0.05, 0.1) is 5.60 Å². The number of thioether (sulfide) groups is 2. The van der Waals surface area contributed by atoms with E-state index < -0.39 is 12.0 Å². The molecule has 7 heteroatoms. The van der Waals surface area contributed by atoms with E-state index in [4.69, 9.17) is 4.74 Å². The van der Waals surface area contributed by atoms with Crippen molar-refractivity contribution in [1.82, 2.24) is 5.32 Å². The van der Waals surface area contributed by atoms with E-state index in [1.165, 1.54) is 37.4 Å². The summed E-state index contributed by atoms with van der Waals surface area (Å²) in [6.07, 6.45) is -0.412. The second-order valence-electron chi connectivity index (χ2n) is 5.38. The fourth-order valence-electron chi connectivity index (χ4n) is 1.35. The maximum absolute atomic E-state index is 11.0. The maximum Gasteiger partial charge on any atom is 0.214 e. The lowest BCUT2D eigenvalue weighted by Gasteiger charge is -2.27. The van der Waals surface area contributed by atoms with Crippen molar-refractivity contribution in [2.45, 2.75) is 59.1 Å². The second kappa shape index (κ2) is 9.78. The zero-order valence-corrected chi connectivity index (χ0v) is 14.4. The molecule has 2 N–H and O–H groups in total. The molecular weight excluding hydrogens is 298 g/mol. The van der Waals surface area contributed by atoms with Gasteiger partial charge in [0.25, 0.3) is 0 Å². The molecule has 20 heavy (non-hydrogen) atoms. The molecule has 5 nitrogen and oxygen atoms in total. The first-order valence-corrected chi connectivity index (χ1v) is 8.46. The first-order valence-electron chi connectivity index (χ1n) is 6.49. The quantitative estimate of drug-likeness (QED) is 0.662. The number of aliphatic hydroxyl groups is 1. The Labute approximate surface area is 129 Å². The second-order valence-corrected chi connectivity index (χ2v) is 7.85. The van der Waals surface area contributed by atoms with Gasteiger partial charge in [-0.15, -0.1) is 0 Å². The van der Waals surface area contributed by atoms with Crippen molar-refractivity contribution < 1.29 is 19.4 Å². The third-order valence-electron chi connectivity index (χ3n) is 2.10. The average Bonchev–Trinajstić information content (AvgIpc) is 2.22. The van der Waals surface area contributed by atoms with Gasteiger partial charge in [-0.1, -0.05) is 23.5 Å². The van der Waals surface area contributed by atoms with Crippen LogP contribution in [0.1, 0.15) is 41.0 Å². The summed E-state index contributed by atoms with van der Waals surface area (Å²) in [4.78, 5) is 21.9. The fourth-order valence-corrected chi connectivity index (χ4v) is 2.74. The summed E-state index contributed by atoms with van der Waals surface area (Å²) in [5.74, 6) is 1.19. The number of aliphatic hydroxyl groups excluding tert-OH is 1. The van der Waals surface area contributed by atoms with E-state index in [0.717, 1.165) is 0 Å². The molecule has 0 saturated heterocycles. The molecule has 0 aliphatic rings. The predicted molar refractivity (Wildman–Crippen MR) is 84.7 cm³/mol. The maximum atomic E-state index is 11.0. The molecule has 0 fully saturated rings. The number of carbonyl (C=O) groups is 2. The number of carbonyl (C=O) groups excluding carboxylic acids is 2. The Hall–Kier alpha value is -0.0800. The molecule has 0 spiro atoms. The lowest BCUT2D eigenvalue weighted by molar-refractivity contribution is -0.184. The Morgan fingerprint density at radius 2 is 1.75 bits per heavy atom. The SMILES string of the molecule is CC(=O)SCC[C@@H](CSC(C)=O)NC(O)OC(C)(C)C. The van der Waals surface area contributed by atoms with Crippen LogP contribution in [0.25, 0.3) is 0 Å². The van der Waals surface area contributed by atoms with Crippen molar-refractivity contribution in [2.24, 2.45) is 0 Å². The van der Waals surface area contributed by atoms with Gasteiger partial charge in [-0.05, 0) is 27.2 Å². The summed E-state index contributed by atoms with van der Waals surface area (Å²) in [7, 11) is 0. The van der Waals surface area contributed by atoms with Crippen LogP contribution in [0.3, 0.4) is 0 Å². The Balaban J connectivity index is 4.28. The number of nitrogens with one attached hydrogen (secondary N) is 1. The van der Waals surface area contributed by atoms with Crippen LogP contribution < -0.4 is 5.32 Å². The van der Waals surface area contributed by atoms with Gasteiger partial charge in [-0.2, -0.15) is 0 Å². The van der Waals surface area contributed by atoms with Gasteiger partial charge in [0.1, 0.15) is 0 Å². The highest BCUT2D eigenvalue weighted by atomic mass is 32.2. The van der Waals surface area contributed by atoms with Crippen LogP contribution in [0.4, 0.5) is 0 Å². The summed E-state index contributed by atoms with van der Waals surface area (Å²) < 4.78 is 5.38. The van der Waals surface area contributed by atoms with E-state index >= 15 is 0 Å². The molecule has 0 aliphatic heterocycles. The molecule has 2 atom stereocenters. The first-order chi connectivity index (χ1) is 9.10. The molecule has 0 aromatic rings. The summed E-state index contributed by atoms with van der Waals surface area (Å²) in [5, 5.41) is 12.9. The van der Waals surface area contributed by atoms with Gasteiger partial charge in [0, 0.05) is 31.4 Å². The van der Waals surface area contributed by atoms with Gasteiger partial charge in [-0.3, -0.25) is 14.9 Å². The van der Waals surface area contributed by atoms with Crippen LogP contribution in [0, 0.1) is 0 Å². The lowest BCUT2D eigenvalue weighted by Crippen LogP contribution is -2.45. The molecule has 1 unspecified atom stereocenters. The van der Waals surface area contributed by atoms with Gasteiger partial charge >= 0.3 is 0 Å². The third-order valence-corrected chi connectivity index (χ3v) is 3.92. The molecule has 0 aliphatic carbocycles. The standard InChI is InChI=1S/C13H25NO4S2/c1-9(15)19-7-6-11(8-20-10(2)16)14-12(17)18-13(3,4)5/h11-12,14,17H,6-8H2,1-5H3/t11-,12?/m0/s1. The average molecular weight is 323 g/mol. The van der Waals surface area contributed by atoms with E-state index in [-0.39, 0.29) is 16.3 Å². The molecule has 0 radical (unpaired) electrons. The van der Waals surface area contributed by atoms with Crippen LogP contribution in [0.15, 0.2) is 0 Å². The highest BCUT2D eigenvalue weighted by Gasteiger charge is 2.20. The van der Waals surface area contributed by atoms with Gasteiger partial charge in [0.15, 0.2) is 10.2 Å². The van der Waals surface area contributed by atoms with E-state index in [0.29, 0.717) is 17.9 Å². The minimum Gasteiger partial charge on any atom is -0.356 e. The molecule has 0 bridgehead atoms. The third kappa shape index (κ3) is 12.9. The molecular formula is C13H25NO4S2. The number of hydrogen-bond donors (Lipinski definition) is 2. The largest absolute Gasteiger partial charge is 0.356 e. The van der Waals surface area contributed by atoms with Crippen molar-refractivity contribution in [3.05, 3.63) is 0 Å². The molecule has 0 heterocycles. The minimum atomic E-state index is -1.09. The highest BCUT2D eigenvalue weighted by molar-refractivity contribution is 8.13.